The van der Waals surface area contributed by atoms with Crippen LogP contribution in [0.15, 0.2) is 59.8 Å². The summed E-state index contributed by atoms with van der Waals surface area (Å²) in [4.78, 5) is 10.3. The summed E-state index contributed by atoms with van der Waals surface area (Å²) in [7, 11) is 0. The molecule has 1 N–H and O–H groups in total. The fraction of sp³-hybridized carbons (Fsp3) is 0.333. The van der Waals surface area contributed by atoms with Crippen molar-refractivity contribution in [3.63, 3.8) is 0 Å². The third-order valence-corrected chi connectivity index (χ3v) is 6.54. The maximum absolute atomic E-state index is 14.8. The lowest BCUT2D eigenvalue weighted by atomic mass is 10.0. The molecule has 3 heterocycles. The number of rotatable bonds is 7. The van der Waals surface area contributed by atoms with Gasteiger partial charge in [0, 0.05) is 36.6 Å². The van der Waals surface area contributed by atoms with E-state index in [0.29, 0.717) is 23.2 Å². The predicted octanol–water partition coefficient (Wildman–Crippen LogP) is 5.79. The molecule has 1 unspecified atom stereocenters. The lowest BCUT2D eigenvalue weighted by molar-refractivity contribution is 0.0787. The van der Waals surface area contributed by atoms with Crippen molar-refractivity contribution in [2.75, 3.05) is 17.8 Å². The van der Waals surface area contributed by atoms with E-state index in [0.717, 1.165) is 37.9 Å². The van der Waals surface area contributed by atoms with Gasteiger partial charge in [0.05, 0.1) is 6.20 Å². The van der Waals surface area contributed by atoms with E-state index in [1.54, 1.807) is 19.2 Å². The number of hydrogen-bond donors (Lipinski definition) is 1. The molecule has 8 heteroatoms. The monoisotopic (exact) mass is 456 g/mol. The van der Waals surface area contributed by atoms with Crippen molar-refractivity contribution in [2.45, 2.75) is 43.9 Å². The number of benzene rings is 1. The minimum absolute atomic E-state index is 0.0299. The van der Waals surface area contributed by atoms with Gasteiger partial charge in [0.15, 0.2) is 10.8 Å². The van der Waals surface area contributed by atoms with E-state index in [2.05, 4.69) is 50.8 Å². The van der Waals surface area contributed by atoms with E-state index in [1.807, 2.05) is 6.07 Å². The first-order valence-corrected chi connectivity index (χ1v) is 11.5. The second-order valence-corrected chi connectivity index (χ2v) is 8.65. The van der Waals surface area contributed by atoms with Crippen molar-refractivity contribution < 1.29 is 13.5 Å². The fourth-order valence-electron chi connectivity index (χ4n) is 3.80. The van der Waals surface area contributed by atoms with E-state index in [4.69, 9.17) is 4.74 Å². The van der Waals surface area contributed by atoms with E-state index in [9.17, 15) is 8.78 Å². The van der Waals surface area contributed by atoms with Gasteiger partial charge in [0.25, 0.3) is 0 Å². The van der Waals surface area contributed by atoms with Crippen molar-refractivity contribution in [3.05, 3.63) is 77.6 Å². The van der Waals surface area contributed by atoms with E-state index >= 15 is 0 Å². The standard InChI is InChI=1S/C24H26F2N4OS/c1-16-20(15-27-24(23(16)26)32-29-22-10-6-9-21(25)28-22)31-19-11-13-30(14-12-19)17(2)18-7-4-3-5-8-18/h3-10,15,17,19H,11-14H2,1-2H3,(H,28,29). The average molecular weight is 457 g/mol. The second-order valence-electron chi connectivity index (χ2n) is 7.86. The van der Waals surface area contributed by atoms with Crippen LogP contribution < -0.4 is 9.46 Å². The van der Waals surface area contributed by atoms with Crippen molar-refractivity contribution >= 4 is 17.8 Å². The Morgan fingerprint density at radius 1 is 1.09 bits per heavy atom. The Kier molecular flexibility index (Phi) is 7.22. The fourth-order valence-corrected chi connectivity index (χ4v) is 4.46. The van der Waals surface area contributed by atoms with Crippen molar-refractivity contribution in [1.29, 1.82) is 0 Å². The molecule has 1 atom stereocenters. The van der Waals surface area contributed by atoms with Crippen LogP contribution in [0.4, 0.5) is 14.6 Å². The molecule has 1 saturated heterocycles. The van der Waals surface area contributed by atoms with Gasteiger partial charge in [-0.2, -0.15) is 4.39 Å². The summed E-state index contributed by atoms with van der Waals surface area (Å²) < 4.78 is 37.0. The lowest BCUT2D eigenvalue weighted by Gasteiger charge is -2.36. The number of piperidine rings is 1. The molecule has 0 saturated carbocycles. The van der Waals surface area contributed by atoms with Gasteiger partial charge in [0.1, 0.15) is 17.7 Å². The SMILES string of the molecule is Cc1c(OC2CCN(C(C)c3ccccc3)CC2)cnc(SNc2cccc(F)n2)c1F. The molecule has 0 aliphatic carbocycles. The van der Waals surface area contributed by atoms with E-state index in [1.165, 1.54) is 17.7 Å². The smallest absolute Gasteiger partial charge is 0.214 e. The Hall–Kier alpha value is -2.71. The number of anilines is 1. The lowest BCUT2D eigenvalue weighted by Crippen LogP contribution is -2.39. The molecule has 0 radical (unpaired) electrons. The highest BCUT2D eigenvalue weighted by atomic mass is 32.2. The van der Waals surface area contributed by atoms with Crippen LogP contribution in [-0.4, -0.2) is 34.1 Å². The maximum Gasteiger partial charge on any atom is 0.214 e. The zero-order valence-corrected chi connectivity index (χ0v) is 18.9. The van der Waals surface area contributed by atoms with Crippen molar-refractivity contribution in [2.24, 2.45) is 0 Å². The van der Waals surface area contributed by atoms with Crippen LogP contribution in [-0.2, 0) is 0 Å². The second kappa shape index (κ2) is 10.3. The molecule has 3 aromatic rings. The highest BCUT2D eigenvalue weighted by Crippen LogP contribution is 2.31. The van der Waals surface area contributed by atoms with Crippen LogP contribution >= 0.6 is 11.9 Å². The first kappa shape index (κ1) is 22.5. The first-order chi connectivity index (χ1) is 15.5. The summed E-state index contributed by atoms with van der Waals surface area (Å²) in [5.41, 5.74) is 1.72. The van der Waals surface area contributed by atoms with Crippen LogP contribution in [0.1, 0.15) is 36.9 Å². The number of halogens is 2. The molecule has 0 amide bonds. The zero-order chi connectivity index (χ0) is 22.5. The topological polar surface area (TPSA) is 50.3 Å². The molecule has 32 heavy (non-hydrogen) atoms. The van der Waals surface area contributed by atoms with Gasteiger partial charge in [-0.25, -0.2) is 14.4 Å². The normalized spacial score (nSPS) is 16.0. The highest BCUT2D eigenvalue weighted by Gasteiger charge is 2.25. The van der Waals surface area contributed by atoms with Crippen LogP contribution in [0.5, 0.6) is 5.75 Å². The van der Waals surface area contributed by atoms with Gasteiger partial charge < -0.3 is 9.46 Å². The molecule has 168 valence electrons. The van der Waals surface area contributed by atoms with Crippen LogP contribution in [0.2, 0.25) is 0 Å². The van der Waals surface area contributed by atoms with Gasteiger partial charge in [0.2, 0.25) is 5.95 Å². The summed E-state index contributed by atoms with van der Waals surface area (Å²) in [6.07, 6.45) is 3.34. The molecule has 4 rings (SSSR count). The molecular weight excluding hydrogens is 430 g/mol. The summed E-state index contributed by atoms with van der Waals surface area (Å²) in [6, 6.07) is 15.2. The number of nitrogens with one attached hydrogen (secondary N) is 1. The molecular formula is C24H26F2N4OS. The molecule has 0 spiro atoms. The Labute approximate surface area is 191 Å². The number of ether oxygens (including phenoxy) is 1. The summed E-state index contributed by atoms with van der Waals surface area (Å²) in [5.74, 6) is -0.296. The number of likely N-dealkylation sites (tertiary alicyclic amines) is 1. The molecule has 2 aromatic heterocycles. The van der Waals surface area contributed by atoms with E-state index in [-0.39, 0.29) is 11.1 Å². The Morgan fingerprint density at radius 2 is 1.84 bits per heavy atom. The third-order valence-electron chi connectivity index (χ3n) is 5.75. The van der Waals surface area contributed by atoms with Crippen LogP contribution in [0, 0.1) is 18.7 Å². The van der Waals surface area contributed by atoms with Crippen LogP contribution in [0.25, 0.3) is 0 Å². The number of nitrogens with zero attached hydrogens (tertiary/aromatic N) is 3. The van der Waals surface area contributed by atoms with E-state index < -0.39 is 11.8 Å². The Morgan fingerprint density at radius 3 is 2.56 bits per heavy atom. The molecule has 1 fully saturated rings. The third kappa shape index (κ3) is 5.37. The quantitative estimate of drug-likeness (QED) is 0.359. The van der Waals surface area contributed by atoms with Gasteiger partial charge >= 0.3 is 0 Å². The van der Waals surface area contributed by atoms with Gasteiger partial charge in [-0.15, -0.1) is 0 Å². The Balaban J connectivity index is 1.33. The summed E-state index contributed by atoms with van der Waals surface area (Å²) in [5, 5.41) is 0.160. The van der Waals surface area contributed by atoms with Crippen molar-refractivity contribution in [3.8, 4) is 5.75 Å². The summed E-state index contributed by atoms with van der Waals surface area (Å²) >= 11 is 0.952. The molecule has 1 aliphatic heterocycles. The minimum Gasteiger partial charge on any atom is -0.488 e. The van der Waals surface area contributed by atoms with Gasteiger partial charge in [-0.3, -0.25) is 4.90 Å². The largest absolute Gasteiger partial charge is 0.488 e. The summed E-state index contributed by atoms with van der Waals surface area (Å²) in [6.45, 7) is 5.76. The maximum atomic E-state index is 14.8. The molecule has 1 aromatic carbocycles. The van der Waals surface area contributed by atoms with Gasteiger partial charge in [-0.1, -0.05) is 36.4 Å². The van der Waals surface area contributed by atoms with Crippen molar-refractivity contribution in [1.82, 2.24) is 14.9 Å². The predicted molar refractivity (Wildman–Crippen MR) is 123 cm³/mol. The number of pyridine rings is 2. The molecule has 0 bridgehead atoms. The van der Waals surface area contributed by atoms with Crippen LogP contribution in [0.3, 0.4) is 0 Å². The molecule has 1 aliphatic rings. The highest BCUT2D eigenvalue weighted by molar-refractivity contribution is 8.00. The number of hydrogen-bond acceptors (Lipinski definition) is 6. The average Bonchev–Trinajstić information content (AvgIpc) is 2.82. The minimum atomic E-state index is -0.604. The molecule has 5 nitrogen and oxygen atoms in total. The zero-order valence-electron chi connectivity index (χ0n) is 18.1. The van der Waals surface area contributed by atoms with Gasteiger partial charge in [-0.05, 0) is 44.4 Å². The Bertz CT molecular complexity index is 1050. The first-order valence-electron chi connectivity index (χ1n) is 10.7. The number of aromatic nitrogens is 2.